The third-order valence-electron chi connectivity index (χ3n) is 6.25. The lowest BCUT2D eigenvalue weighted by molar-refractivity contribution is -0.122. The number of halogens is 2. The molecule has 1 fully saturated rings. The molecule has 0 aromatic heterocycles. The van der Waals surface area contributed by atoms with Gasteiger partial charge in [0.15, 0.2) is 11.6 Å². The molecule has 0 unspecified atom stereocenters. The molecule has 6 nitrogen and oxygen atoms in total. The first kappa shape index (κ1) is 26.2. The fourth-order valence-electron chi connectivity index (χ4n) is 4.23. The lowest BCUT2D eigenvalue weighted by Gasteiger charge is -2.32. The van der Waals surface area contributed by atoms with Crippen molar-refractivity contribution in [1.29, 1.82) is 0 Å². The summed E-state index contributed by atoms with van der Waals surface area (Å²) in [6, 6.07) is 10.8. The van der Waals surface area contributed by atoms with Crippen molar-refractivity contribution in [3.8, 4) is 0 Å². The zero-order valence-corrected chi connectivity index (χ0v) is 20.6. The highest BCUT2D eigenvalue weighted by molar-refractivity contribution is 7.89. The average molecular weight is 494 g/mol. The van der Waals surface area contributed by atoms with Crippen LogP contribution in [0.25, 0.3) is 0 Å². The van der Waals surface area contributed by atoms with E-state index in [1.807, 2.05) is 13.8 Å². The van der Waals surface area contributed by atoms with Gasteiger partial charge in [-0.15, -0.1) is 0 Å². The van der Waals surface area contributed by atoms with E-state index in [1.165, 1.54) is 10.4 Å². The Balaban J connectivity index is 1.42. The number of hydrogen-bond donors (Lipinski definition) is 1. The molecule has 0 bridgehead atoms. The van der Waals surface area contributed by atoms with Crippen molar-refractivity contribution in [2.45, 2.75) is 57.0 Å². The molecule has 1 aliphatic heterocycles. The van der Waals surface area contributed by atoms with Crippen molar-refractivity contribution in [2.75, 3.05) is 26.2 Å². The van der Waals surface area contributed by atoms with Crippen molar-refractivity contribution < 1.29 is 22.0 Å². The molecule has 1 aliphatic rings. The number of carbonyl (C=O) groups is 1. The third kappa shape index (κ3) is 6.84. The Morgan fingerprint density at radius 3 is 2.21 bits per heavy atom. The van der Waals surface area contributed by atoms with E-state index in [9.17, 15) is 22.0 Å². The summed E-state index contributed by atoms with van der Waals surface area (Å²) in [6.07, 6.45) is 2.46. The smallest absolute Gasteiger partial charge is 0.243 e. The second kappa shape index (κ2) is 11.9. The highest BCUT2D eigenvalue weighted by atomic mass is 32.2. The van der Waals surface area contributed by atoms with Crippen molar-refractivity contribution in [2.24, 2.45) is 0 Å². The second-order valence-corrected chi connectivity index (χ2v) is 10.5. The van der Waals surface area contributed by atoms with Crippen LogP contribution in [0.5, 0.6) is 0 Å². The van der Waals surface area contributed by atoms with Gasteiger partial charge in [-0.05, 0) is 54.7 Å². The van der Waals surface area contributed by atoms with Crippen LogP contribution in [0.1, 0.15) is 44.2 Å². The molecule has 34 heavy (non-hydrogen) atoms. The summed E-state index contributed by atoms with van der Waals surface area (Å²) < 4.78 is 53.0. The molecule has 0 aliphatic carbocycles. The van der Waals surface area contributed by atoms with Gasteiger partial charge in [0, 0.05) is 45.2 Å². The molecule has 9 heteroatoms. The highest BCUT2D eigenvalue weighted by Gasteiger charge is 2.22. The van der Waals surface area contributed by atoms with Gasteiger partial charge in [-0.2, -0.15) is 4.31 Å². The lowest BCUT2D eigenvalue weighted by Crippen LogP contribution is -2.44. The number of carbonyl (C=O) groups excluding carboxylic acids is 1. The summed E-state index contributed by atoms with van der Waals surface area (Å²) in [6.45, 7) is 6.56. The van der Waals surface area contributed by atoms with Gasteiger partial charge in [0.1, 0.15) is 0 Å². The molecular weight excluding hydrogens is 460 g/mol. The molecule has 1 saturated heterocycles. The van der Waals surface area contributed by atoms with Gasteiger partial charge in [0.05, 0.1) is 4.90 Å². The minimum absolute atomic E-state index is 0.0288. The summed E-state index contributed by atoms with van der Waals surface area (Å²) in [5, 5.41) is 3.08. The average Bonchev–Trinajstić information content (AvgIpc) is 2.82. The topological polar surface area (TPSA) is 69.7 Å². The van der Waals surface area contributed by atoms with E-state index < -0.39 is 21.7 Å². The minimum Gasteiger partial charge on any atom is -0.353 e. The van der Waals surface area contributed by atoms with Crippen LogP contribution in [0.3, 0.4) is 0 Å². The zero-order valence-electron chi connectivity index (χ0n) is 19.8. The maximum absolute atomic E-state index is 13.4. The van der Waals surface area contributed by atoms with Crippen LogP contribution in [0.15, 0.2) is 47.4 Å². The molecule has 1 amide bonds. The summed E-state index contributed by atoms with van der Waals surface area (Å²) in [4.78, 5) is 14.8. The van der Waals surface area contributed by atoms with Crippen molar-refractivity contribution >= 4 is 15.9 Å². The highest BCUT2D eigenvalue weighted by Crippen LogP contribution is 2.18. The standard InChI is InChI=1S/C25H33F2N3O3S/c1-3-30(4-2)34(32,33)22-9-5-19(6-10-22)8-12-25(31)28-21-13-15-29(16-14-21)18-20-7-11-23(26)24(27)17-20/h5-7,9-11,17,21H,3-4,8,12-16,18H2,1-2H3,(H,28,31). The Labute approximate surface area is 201 Å². The van der Waals surface area contributed by atoms with Gasteiger partial charge in [0.2, 0.25) is 15.9 Å². The predicted octanol–water partition coefficient (Wildman–Crippen LogP) is 3.71. The Morgan fingerprint density at radius 2 is 1.62 bits per heavy atom. The van der Waals surface area contributed by atoms with Crippen LogP contribution in [0.2, 0.25) is 0 Å². The minimum atomic E-state index is -3.48. The molecule has 3 rings (SSSR count). The maximum atomic E-state index is 13.4. The first-order valence-corrected chi connectivity index (χ1v) is 13.2. The Hall–Kier alpha value is -2.36. The van der Waals surface area contributed by atoms with E-state index in [0.717, 1.165) is 43.1 Å². The van der Waals surface area contributed by atoms with Crippen LogP contribution in [0.4, 0.5) is 8.78 Å². The molecule has 0 spiro atoms. The first-order valence-electron chi connectivity index (χ1n) is 11.8. The number of piperidine rings is 1. The van der Waals surface area contributed by atoms with Crippen molar-refractivity contribution in [3.05, 3.63) is 65.2 Å². The lowest BCUT2D eigenvalue weighted by atomic mass is 10.0. The summed E-state index contributed by atoms with van der Waals surface area (Å²) >= 11 is 0. The number of benzene rings is 2. The van der Waals surface area contributed by atoms with Crippen LogP contribution in [0, 0.1) is 11.6 Å². The number of nitrogens with one attached hydrogen (secondary N) is 1. The van der Waals surface area contributed by atoms with Crippen molar-refractivity contribution in [1.82, 2.24) is 14.5 Å². The van der Waals surface area contributed by atoms with Gasteiger partial charge >= 0.3 is 0 Å². The number of likely N-dealkylation sites (tertiary alicyclic amines) is 1. The normalized spacial score (nSPS) is 15.6. The Kier molecular flexibility index (Phi) is 9.16. The van der Waals surface area contributed by atoms with Gasteiger partial charge < -0.3 is 5.32 Å². The number of aryl methyl sites for hydroxylation is 1. The van der Waals surface area contributed by atoms with E-state index >= 15 is 0 Å². The summed E-state index contributed by atoms with van der Waals surface area (Å²) in [5.41, 5.74) is 1.65. The summed E-state index contributed by atoms with van der Waals surface area (Å²) in [5.74, 6) is -1.70. The van der Waals surface area contributed by atoms with E-state index in [0.29, 0.717) is 32.5 Å². The Morgan fingerprint density at radius 1 is 1.00 bits per heavy atom. The van der Waals surface area contributed by atoms with Crippen LogP contribution in [-0.4, -0.2) is 55.8 Å². The fourth-order valence-corrected chi connectivity index (χ4v) is 5.69. The molecule has 2 aromatic carbocycles. The van der Waals surface area contributed by atoms with Crippen LogP contribution < -0.4 is 5.32 Å². The van der Waals surface area contributed by atoms with E-state index in [2.05, 4.69) is 10.2 Å². The number of amides is 1. The molecule has 186 valence electrons. The largest absolute Gasteiger partial charge is 0.353 e. The second-order valence-electron chi connectivity index (χ2n) is 8.60. The monoisotopic (exact) mass is 493 g/mol. The number of hydrogen-bond acceptors (Lipinski definition) is 4. The molecule has 0 atom stereocenters. The molecular formula is C25H33F2N3O3S. The van der Waals surface area contributed by atoms with Gasteiger partial charge in [0.25, 0.3) is 0 Å². The van der Waals surface area contributed by atoms with E-state index in [4.69, 9.17) is 0 Å². The number of rotatable bonds is 10. The van der Waals surface area contributed by atoms with Gasteiger partial charge in [-0.3, -0.25) is 9.69 Å². The quantitative estimate of drug-likeness (QED) is 0.548. The van der Waals surface area contributed by atoms with Crippen LogP contribution >= 0.6 is 0 Å². The van der Waals surface area contributed by atoms with Gasteiger partial charge in [-0.25, -0.2) is 17.2 Å². The van der Waals surface area contributed by atoms with Crippen LogP contribution in [-0.2, 0) is 27.8 Å². The fraction of sp³-hybridized carbons (Fsp3) is 0.480. The molecule has 0 radical (unpaired) electrons. The summed E-state index contributed by atoms with van der Waals surface area (Å²) in [7, 11) is -3.48. The van der Waals surface area contributed by atoms with Crippen molar-refractivity contribution in [3.63, 3.8) is 0 Å². The van der Waals surface area contributed by atoms with E-state index in [1.54, 1.807) is 30.3 Å². The molecule has 0 saturated carbocycles. The predicted molar refractivity (Wildman–Crippen MR) is 128 cm³/mol. The third-order valence-corrected chi connectivity index (χ3v) is 8.31. The van der Waals surface area contributed by atoms with Gasteiger partial charge in [-0.1, -0.05) is 32.0 Å². The molecule has 1 heterocycles. The molecule has 2 aromatic rings. The van der Waals surface area contributed by atoms with E-state index in [-0.39, 0.29) is 16.8 Å². The Bertz CT molecular complexity index is 1070. The zero-order chi connectivity index (χ0) is 24.7. The maximum Gasteiger partial charge on any atom is 0.243 e. The SMILES string of the molecule is CCN(CC)S(=O)(=O)c1ccc(CCC(=O)NC2CCN(Cc3ccc(F)c(F)c3)CC2)cc1. The first-order chi connectivity index (χ1) is 16.2. The molecule has 1 N–H and O–H groups in total. The number of nitrogens with zero attached hydrogens (tertiary/aromatic N) is 2. The number of sulfonamides is 1.